The lowest BCUT2D eigenvalue weighted by molar-refractivity contribution is -0.375. The number of nitrogens with zero attached hydrogens (tertiary/aromatic N) is 1. The number of aromatic amines is 1. The molecule has 50 valence electrons. The molecule has 0 spiro atoms. The molecular formula is C7H7N2S+. The molecule has 0 amide bonds. The van der Waals surface area contributed by atoms with Crippen molar-refractivity contribution in [3.63, 3.8) is 0 Å². The summed E-state index contributed by atoms with van der Waals surface area (Å²) < 4.78 is 1.22. The highest BCUT2D eigenvalue weighted by atomic mass is 32.1. The van der Waals surface area contributed by atoms with Crippen LogP contribution >= 0.6 is 11.3 Å². The summed E-state index contributed by atoms with van der Waals surface area (Å²) in [6, 6.07) is 1.98. The van der Waals surface area contributed by atoms with E-state index in [1.54, 1.807) is 11.3 Å². The first-order valence-corrected chi connectivity index (χ1v) is 3.91. The van der Waals surface area contributed by atoms with Gasteiger partial charge < -0.3 is 0 Å². The van der Waals surface area contributed by atoms with Crippen molar-refractivity contribution in [2.45, 2.75) is 6.92 Å². The third-order valence-electron chi connectivity index (χ3n) is 1.34. The normalized spacial score (nSPS) is 10.5. The molecule has 0 radical (unpaired) electrons. The van der Waals surface area contributed by atoms with Gasteiger partial charge in [0.1, 0.15) is 4.70 Å². The van der Waals surface area contributed by atoms with Crippen LogP contribution in [0.5, 0.6) is 0 Å². The van der Waals surface area contributed by atoms with Gasteiger partial charge in [0.05, 0.1) is 10.5 Å². The molecule has 1 N–H and O–H groups in total. The summed E-state index contributed by atoms with van der Waals surface area (Å²) in [5, 5.41) is 1.12. The van der Waals surface area contributed by atoms with E-state index in [-0.39, 0.29) is 0 Å². The molecule has 10 heavy (non-hydrogen) atoms. The van der Waals surface area contributed by atoms with Crippen molar-refractivity contribution in [3.05, 3.63) is 23.5 Å². The number of pyridine rings is 1. The fraction of sp³-hybridized carbons (Fsp3) is 0.143. The molecule has 0 unspecified atom stereocenters. The minimum atomic E-state index is 1.08. The number of thiazole rings is 1. The molecule has 2 aromatic rings. The topological polar surface area (TPSA) is 27.0 Å². The van der Waals surface area contributed by atoms with E-state index >= 15 is 0 Å². The van der Waals surface area contributed by atoms with Crippen molar-refractivity contribution in [2.75, 3.05) is 0 Å². The second kappa shape index (κ2) is 2.02. The van der Waals surface area contributed by atoms with E-state index in [1.165, 1.54) is 4.70 Å². The first-order chi connectivity index (χ1) is 4.86. The van der Waals surface area contributed by atoms with Crippen LogP contribution in [0.1, 0.15) is 5.01 Å². The highest BCUT2D eigenvalue weighted by Crippen LogP contribution is 2.17. The Labute approximate surface area is 62.6 Å². The average molecular weight is 151 g/mol. The molecule has 0 atom stereocenters. The predicted molar refractivity (Wildman–Crippen MR) is 40.9 cm³/mol. The molecule has 0 aromatic carbocycles. The second-order valence-corrected chi connectivity index (χ2v) is 3.36. The van der Waals surface area contributed by atoms with Gasteiger partial charge in [-0.25, -0.2) is 9.97 Å². The van der Waals surface area contributed by atoms with Crippen LogP contribution in [0.2, 0.25) is 0 Å². The number of H-pyrrole nitrogens is 1. The molecule has 0 fully saturated rings. The van der Waals surface area contributed by atoms with E-state index in [1.807, 2.05) is 25.4 Å². The minimum Gasteiger partial charge on any atom is -0.241 e. The smallest absolute Gasteiger partial charge is 0.186 e. The molecular weight excluding hydrogens is 144 g/mol. The Balaban J connectivity index is 2.88. The van der Waals surface area contributed by atoms with E-state index < -0.39 is 0 Å². The van der Waals surface area contributed by atoms with E-state index in [0.717, 1.165) is 10.5 Å². The first-order valence-electron chi connectivity index (χ1n) is 3.09. The number of aromatic nitrogens is 2. The molecule has 2 aromatic heterocycles. The first kappa shape index (κ1) is 5.80. The maximum atomic E-state index is 4.31. The molecule has 3 heteroatoms. The highest BCUT2D eigenvalue weighted by molar-refractivity contribution is 7.18. The highest BCUT2D eigenvalue weighted by Gasteiger charge is 1.99. The fourth-order valence-electron chi connectivity index (χ4n) is 0.933. The zero-order valence-electron chi connectivity index (χ0n) is 5.59. The van der Waals surface area contributed by atoms with Crippen LogP contribution in [-0.2, 0) is 0 Å². The van der Waals surface area contributed by atoms with Gasteiger partial charge in [-0.15, -0.1) is 11.3 Å². The van der Waals surface area contributed by atoms with E-state index in [2.05, 4.69) is 9.97 Å². The number of hydrogen-bond donors (Lipinski definition) is 0. The molecule has 0 aliphatic heterocycles. The van der Waals surface area contributed by atoms with Crippen LogP contribution in [0.15, 0.2) is 18.5 Å². The van der Waals surface area contributed by atoms with Gasteiger partial charge in [0, 0.05) is 6.07 Å². The summed E-state index contributed by atoms with van der Waals surface area (Å²) in [6.45, 7) is 2.02. The van der Waals surface area contributed by atoms with Crippen LogP contribution in [-0.4, -0.2) is 4.98 Å². The van der Waals surface area contributed by atoms with Crippen LogP contribution in [0.4, 0.5) is 0 Å². The van der Waals surface area contributed by atoms with Crippen LogP contribution in [0, 0.1) is 6.92 Å². The van der Waals surface area contributed by atoms with Crippen molar-refractivity contribution in [1.29, 1.82) is 0 Å². The van der Waals surface area contributed by atoms with E-state index in [4.69, 9.17) is 0 Å². The number of fused-ring (bicyclic) bond motifs is 1. The van der Waals surface area contributed by atoms with Gasteiger partial charge in [0.15, 0.2) is 12.4 Å². The summed E-state index contributed by atoms with van der Waals surface area (Å²) in [6.07, 6.45) is 3.86. The number of aryl methyl sites for hydroxylation is 1. The van der Waals surface area contributed by atoms with Gasteiger partial charge in [-0.3, -0.25) is 0 Å². The fourth-order valence-corrected chi connectivity index (χ4v) is 1.74. The number of nitrogens with one attached hydrogen (secondary N) is 1. The van der Waals surface area contributed by atoms with Gasteiger partial charge in [0.2, 0.25) is 0 Å². The standard InChI is InChI=1S/C7H6N2S/c1-5-9-6-2-3-8-4-7(6)10-5/h2-4H,1H3/p+1. The Hall–Kier alpha value is -0.960. The second-order valence-electron chi connectivity index (χ2n) is 2.13. The number of hydrogen-bond acceptors (Lipinski definition) is 2. The van der Waals surface area contributed by atoms with Gasteiger partial charge >= 0.3 is 0 Å². The van der Waals surface area contributed by atoms with Gasteiger partial charge in [-0.05, 0) is 6.92 Å². The number of rotatable bonds is 0. The van der Waals surface area contributed by atoms with Gasteiger partial charge in [-0.1, -0.05) is 0 Å². The van der Waals surface area contributed by atoms with Gasteiger partial charge in [-0.2, -0.15) is 0 Å². The minimum absolute atomic E-state index is 1.08. The Morgan fingerprint density at radius 2 is 2.50 bits per heavy atom. The molecule has 0 saturated heterocycles. The van der Waals surface area contributed by atoms with E-state index in [0.29, 0.717) is 0 Å². The lowest BCUT2D eigenvalue weighted by Gasteiger charge is -1.75. The van der Waals surface area contributed by atoms with Crippen LogP contribution in [0.3, 0.4) is 0 Å². The zero-order chi connectivity index (χ0) is 6.97. The molecule has 0 aliphatic carbocycles. The molecule has 0 saturated carbocycles. The molecule has 0 aliphatic rings. The summed E-state index contributed by atoms with van der Waals surface area (Å²) in [5.41, 5.74) is 1.08. The lowest BCUT2D eigenvalue weighted by Crippen LogP contribution is -1.95. The van der Waals surface area contributed by atoms with Crippen LogP contribution in [0.25, 0.3) is 10.2 Å². The Kier molecular flexibility index (Phi) is 1.17. The quantitative estimate of drug-likeness (QED) is 0.559. The maximum absolute atomic E-state index is 4.31. The van der Waals surface area contributed by atoms with Crippen molar-refractivity contribution < 1.29 is 4.98 Å². The Morgan fingerprint density at radius 1 is 1.60 bits per heavy atom. The van der Waals surface area contributed by atoms with E-state index in [9.17, 15) is 0 Å². The largest absolute Gasteiger partial charge is 0.241 e. The summed E-state index contributed by atoms with van der Waals surface area (Å²) in [4.78, 5) is 7.33. The van der Waals surface area contributed by atoms with Crippen molar-refractivity contribution in [1.82, 2.24) is 4.98 Å². The molecule has 0 bridgehead atoms. The third-order valence-corrected chi connectivity index (χ3v) is 2.27. The van der Waals surface area contributed by atoms with Crippen molar-refractivity contribution in [2.24, 2.45) is 0 Å². The summed E-state index contributed by atoms with van der Waals surface area (Å²) >= 11 is 1.71. The Morgan fingerprint density at radius 3 is 3.30 bits per heavy atom. The maximum Gasteiger partial charge on any atom is 0.186 e. The van der Waals surface area contributed by atoms with Crippen molar-refractivity contribution >= 4 is 21.6 Å². The average Bonchev–Trinajstić information content (AvgIpc) is 2.27. The van der Waals surface area contributed by atoms with Crippen LogP contribution < -0.4 is 4.98 Å². The molecule has 2 rings (SSSR count). The Bertz CT molecular complexity index is 320. The molecule has 2 nitrogen and oxygen atoms in total. The molecule has 2 heterocycles. The van der Waals surface area contributed by atoms with Crippen molar-refractivity contribution in [3.8, 4) is 0 Å². The summed E-state index contributed by atoms with van der Waals surface area (Å²) in [5.74, 6) is 0. The third kappa shape index (κ3) is 0.789. The summed E-state index contributed by atoms with van der Waals surface area (Å²) in [7, 11) is 0. The monoisotopic (exact) mass is 151 g/mol. The van der Waals surface area contributed by atoms with Gasteiger partial charge in [0.25, 0.3) is 0 Å². The predicted octanol–water partition coefficient (Wildman–Crippen LogP) is 1.42. The lowest BCUT2D eigenvalue weighted by atomic mass is 10.4. The SMILES string of the molecule is Cc1nc2cc[nH+]cc2s1. The zero-order valence-corrected chi connectivity index (χ0v) is 6.40.